The molecule has 4 rings (SSSR count). The van der Waals surface area contributed by atoms with Crippen molar-refractivity contribution >= 4 is 16.9 Å². The first kappa shape index (κ1) is 18.3. The van der Waals surface area contributed by atoms with Crippen LogP contribution in [-0.4, -0.2) is 51.9 Å². The highest BCUT2D eigenvalue weighted by molar-refractivity contribution is 5.98. The molecule has 28 heavy (non-hydrogen) atoms. The van der Waals surface area contributed by atoms with E-state index in [4.69, 9.17) is 9.47 Å². The molecule has 146 valence electrons. The van der Waals surface area contributed by atoms with Gasteiger partial charge in [0.25, 0.3) is 5.91 Å². The summed E-state index contributed by atoms with van der Waals surface area (Å²) in [4.78, 5) is 19.3. The van der Waals surface area contributed by atoms with E-state index in [9.17, 15) is 4.79 Å². The molecule has 0 spiro atoms. The van der Waals surface area contributed by atoms with Crippen LogP contribution in [0.3, 0.4) is 0 Å². The molecule has 0 radical (unpaired) electrons. The van der Waals surface area contributed by atoms with Crippen LogP contribution in [0.2, 0.25) is 0 Å². The average molecular weight is 380 g/mol. The summed E-state index contributed by atoms with van der Waals surface area (Å²) >= 11 is 0. The van der Waals surface area contributed by atoms with Crippen molar-refractivity contribution in [2.75, 3.05) is 20.2 Å². The monoisotopic (exact) mass is 380 g/mol. The lowest BCUT2D eigenvalue weighted by Crippen LogP contribution is -2.42. The Morgan fingerprint density at radius 3 is 2.82 bits per heavy atom. The van der Waals surface area contributed by atoms with E-state index in [0.717, 1.165) is 16.8 Å². The van der Waals surface area contributed by atoms with Crippen molar-refractivity contribution in [3.63, 3.8) is 0 Å². The maximum absolute atomic E-state index is 13.0. The second kappa shape index (κ2) is 7.14. The predicted octanol–water partition coefficient (Wildman–Crippen LogP) is 3.23. The van der Waals surface area contributed by atoms with Crippen molar-refractivity contribution in [1.82, 2.24) is 19.7 Å². The molecular formula is C21H24N4O3. The van der Waals surface area contributed by atoms with Crippen LogP contribution in [0.25, 0.3) is 11.0 Å². The number of aryl methyl sites for hydroxylation is 1. The molecule has 0 saturated heterocycles. The van der Waals surface area contributed by atoms with Crippen LogP contribution in [0.5, 0.6) is 11.5 Å². The minimum absolute atomic E-state index is 0.0911. The SMILES string of the molecule is Cc1nc2c(cnn2C(C)C)cc1C(=O)N(C)C[C@@H]1COc2ccccc2O1. The highest BCUT2D eigenvalue weighted by Gasteiger charge is 2.25. The fourth-order valence-electron chi connectivity index (χ4n) is 3.41. The number of para-hydroxylation sites is 2. The Morgan fingerprint density at radius 2 is 2.07 bits per heavy atom. The van der Waals surface area contributed by atoms with Crippen molar-refractivity contribution in [1.29, 1.82) is 0 Å². The Morgan fingerprint density at radius 1 is 1.32 bits per heavy atom. The number of benzene rings is 1. The molecule has 0 bridgehead atoms. The largest absolute Gasteiger partial charge is 0.486 e. The molecular weight excluding hydrogens is 356 g/mol. The van der Waals surface area contributed by atoms with E-state index >= 15 is 0 Å². The fraction of sp³-hybridized carbons (Fsp3) is 0.381. The minimum atomic E-state index is -0.218. The zero-order valence-electron chi connectivity index (χ0n) is 16.5. The highest BCUT2D eigenvalue weighted by atomic mass is 16.6. The topological polar surface area (TPSA) is 69.5 Å². The second-order valence-corrected chi connectivity index (χ2v) is 7.40. The van der Waals surface area contributed by atoms with Gasteiger partial charge in [0.2, 0.25) is 0 Å². The fourth-order valence-corrected chi connectivity index (χ4v) is 3.41. The molecule has 7 nitrogen and oxygen atoms in total. The molecule has 7 heteroatoms. The molecule has 1 atom stereocenters. The predicted molar refractivity (Wildman–Crippen MR) is 106 cm³/mol. The molecule has 3 heterocycles. The first-order valence-corrected chi connectivity index (χ1v) is 9.43. The van der Waals surface area contributed by atoms with Crippen molar-refractivity contribution in [2.24, 2.45) is 0 Å². The lowest BCUT2D eigenvalue weighted by atomic mass is 10.1. The lowest BCUT2D eigenvalue weighted by molar-refractivity contribution is 0.0520. The maximum Gasteiger partial charge on any atom is 0.255 e. The first-order valence-electron chi connectivity index (χ1n) is 9.43. The number of ether oxygens (including phenoxy) is 2. The number of nitrogens with zero attached hydrogens (tertiary/aromatic N) is 4. The highest BCUT2D eigenvalue weighted by Crippen LogP contribution is 2.31. The van der Waals surface area contributed by atoms with Gasteiger partial charge >= 0.3 is 0 Å². The minimum Gasteiger partial charge on any atom is -0.486 e. The Balaban J connectivity index is 1.52. The van der Waals surface area contributed by atoms with Crippen LogP contribution in [0.15, 0.2) is 36.5 Å². The second-order valence-electron chi connectivity index (χ2n) is 7.40. The van der Waals surface area contributed by atoms with Crippen LogP contribution in [0, 0.1) is 6.92 Å². The van der Waals surface area contributed by atoms with Gasteiger partial charge in [-0.2, -0.15) is 5.10 Å². The first-order chi connectivity index (χ1) is 13.4. The smallest absolute Gasteiger partial charge is 0.255 e. The number of fused-ring (bicyclic) bond motifs is 2. The van der Waals surface area contributed by atoms with Crippen LogP contribution in [-0.2, 0) is 0 Å². The van der Waals surface area contributed by atoms with Gasteiger partial charge in [0.15, 0.2) is 23.3 Å². The van der Waals surface area contributed by atoms with Gasteiger partial charge in [-0.05, 0) is 39.0 Å². The molecule has 0 fully saturated rings. The summed E-state index contributed by atoms with van der Waals surface area (Å²) in [7, 11) is 1.77. The molecule has 0 saturated carbocycles. The van der Waals surface area contributed by atoms with Gasteiger partial charge in [0.05, 0.1) is 24.0 Å². The van der Waals surface area contributed by atoms with Gasteiger partial charge in [-0.3, -0.25) is 4.79 Å². The summed E-state index contributed by atoms with van der Waals surface area (Å²) in [5.41, 5.74) is 2.07. The number of pyridine rings is 1. The normalized spacial score (nSPS) is 15.8. The molecule has 0 aliphatic carbocycles. The molecule has 1 aliphatic rings. The van der Waals surface area contributed by atoms with E-state index in [1.165, 1.54) is 0 Å². The van der Waals surface area contributed by atoms with Crippen LogP contribution < -0.4 is 9.47 Å². The Labute approximate surface area is 163 Å². The van der Waals surface area contributed by atoms with Crippen molar-refractivity contribution < 1.29 is 14.3 Å². The van der Waals surface area contributed by atoms with E-state index in [2.05, 4.69) is 23.9 Å². The van der Waals surface area contributed by atoms with Gasteiger partial charge < -0.3 is 14.4 Å². The third-order valence-electron chi connectivity index (χ3n) is 4.87. The number of carbonyl (C=O) groups excluding carboxylic acids is 1. The number of aromatic nitrogens is 3. The van der Waals surface area contributed by atoms with E-state index in [0.29, 0.717) is 30.2 Å². The summed E-state index contributed by atoms with van der Waals surface area (Å²) in [5, 5.41) is 5.25. The van der Waals surface area contributed by atoms with E-state index < -0.39 is 0 Å². The van der Waals surface area contributed by atoms with E-state index in [-0.39, 0.29) is 18.1 Å². The summed E-state index contributed by atoms with van der Waals surface area (Å²) in [6.07, 6.45) is 1.54. The third kappa shape index (κ3) is 3.28. The summed E-state index contributed by atoms with van der Waals surface area (Å²) in [6, 6.07) is 9.64. The summed E-state index contributed by atoms with van der Waals surface area (Å²) in [5.74, 6) is 1.35. The van der Waals surface area contributed by atoms with Crippen LogP contribution >= 0.6 is 0 Å². The number of hydrogen-bond acceptors (Lipinski definition) is 5. The van der Waals surface area contributed by atoms with Crippen molar-refractivity contribution in [2.45, 2.75) is 32.9 Å². The Kier molecular flexibility index (Phi) is 4.66. The van der Waals surface area contributed by atoms with Crippen LogP contribution in [0.1, 0.15) is 35.9 Å². The zero-order valence-corrected chi connectivity index (χ0v) is 16.5. The molecule has 1 aromatic carbocycles. The quantitative estimate of drug-likeness (QED) is 0.695. The average Bonchev–Trinajstić information content (AvgIpc) is 3.09. The molecule has 2 aromatic heterocycles. The lowest BCUT2D eigenvalue weighted by Gasteiger charge is -2.29. The van der Waals surface area contributed by atoms with E-state index in [1.807, 2.05) is 41.9 Å². The third-order valence-corrected chi connectivity index (χ3v) is 4.87. The number of hydrogen-bond donors (Lipinski definition) is 0. The molecule has 1 amide bonds. The number of rotatable bonds is 4. The van der Waals surface area contributed by atoms with Crippen LogP contribution in [0.4, 0.5) is 0 Å². The Hall–Kier alpha value is -3.09. The van der Waals surface area contributed by atoms with Gasteiger partial charge in [-0.25, -0.2) is 9.67 Å². The zero-order chi connectivity index (χ0) is 19.8. The summed E-state index contributed by atoms with van der Waals surface area (Å²) in [6.45, 7) is 6.80. The Bertz CT molecular complexity index is 1030. The summed E-state index contributed by atoms with van der Waals surface area (Å²) < 4.78 is 13.6. The standard InChI is InChI=1S/C21H24N4O3/c1-13(2)25-20-15(10-22-25)9-17(14(3)23-20)21(26)24(4)11-16-12-27-18-7-5-6-8-19(18)28-16/h5-10,13,16H,11-12H2,1-4H3/t16-/m1/s1. The van der Waals surface area contributed by atoms with Gasteiger partial charge in [0.1, 0.15) is 6.61 Å². The molecule has 3 aromatic rings. The van der Waals surface area contributed by atoms with Gasteiger partial charge in [0, 0.05) is 18.5 Å². The van der Waals surface area contributed by atoms with Gasteiger partial charge in [-0.1, -0.05) is 12.1 Å². The maximum atomic E-state index is 13.0. The number of amides is 1. The molecule has 0 unspecified atom stereocenters. The van der Waals surface area contributed by atoms with Crippen molar-refractivity contribution in [3.8, 4) is 11.5 Å². The molecule has 0 N–H and O–H groups in total. The van der Waals surface area contributed by atoms with Gasteiger partial charge in [-0.15, -0.1) is 0 Å². The number of likely N-dealkylation sites (N-methyl/N-ethyl adjacent to an activating group) is 1. The number of carbonyl (C=O) groups is 1. The van der Waals surface area contributed by atoms with E-state index in [1.54, 1.807) is 18.1 Å². The van der Waals surface area contributed by atoms with Crippen molar-refractivity contribution in [3.05, 3.63) is 47.8 Å². The molecule has 1 aliphatic heterocycles.